The third kappa shape index (κ3) is 1.67. The van der Waals surface area contributed by atoms with Crippen LogP contribution in [-0.2, 0) is 6.42 Å². The normalized spacial score (nSPS) is 9.92. The van der Waals surface area contributed by atoms with Crippen molar-refractivity contribution in [2.75, 3.05) is 7.11 Å². The molecular weight excluding hydrogens is 154 g/mol. The second-order valence-corrected chi connectivity index (χ2v) is 2.87. The average Bonchev–Trinajstić information content (AvgIpc) is 2.32. The van der Waals surface area contributed by atoms with Gasteiger partial charge >= 0.3 is 5.95 Å². The fraction of sp³-hybridized carbons (Fsp3) is 0.444. The highest BCUT2D eigenvalue weighted by Gasteiger charge is 2.12. The van der Waals surface area contributed by atoms with Gasteiger partial charge in [0.1, 0.15) is 0 Å². The van der Waals surface area contributed by atoms with Crippen LogP contribution >= 0.6 is 0 Å². The van der Waals surface area contributed by atoms with Crippen molar-refractivity contribution in [3.05, 3.63) is 23.4 Å². The molecule has 0 aromatic carbocycles. The van der Waals surface area contributed by atoms with Crippen LogP contribution in [0.1, 0.15) is 18.2 Å². The van der Waals surface area contributed by atoms with E-state index < -0.39 is 0 Å². The number of hydrogen-bond acceptors (Lipinski definition) is 3. The molecule has 0 amide bonds. The zero-order chi connectivity index (χ0) is 9.14. The van der Waals surface area contributed by atoms with Gasteiger partial charge in [0.25, 0.3) is 0 Å². The van der Waals surface area contributed by atoms with E-state index in [0.717, 1.165) is 23.3 Å². The van der Waals surface area contributed by atoms with E-state index in [2.05, 4.69) is 11.7 Å². The minimum absolute atomic E-state index is 0.496. The van der Waals surface area contributed by atoms with Crippen molar-refractivity contribution < 1.29 is 9.26 Å². The van der Waals surface area contributed by atoms with Crippen molar-refractivity contribution in [1.82, 2.24) is 5.16 Å². The number of allylic oxidation sites excluding steroid dienone is 1. The second-order valence-electron chi connectivity index (χ2n) is 2.87. The summed E-state index contributed by atoms with van der Waals surface area (Å²) in [5.74, 6) is 0.496. The molecule has 3 nitrogen and oxygen atoms in total. The van der Waals surface area contributed by atoms with Crippen LogP contribution in [0.2, 0.25) is 0 Å². The van der Waals surface area contributed by atoms with E-state index >= 15 is 0 Å². The van der Waals surface area contributed by atoms with Crippen molar-refractivity contribution in [2.24, 2.45) is 0 Å². The largest absolute Gasteiger partial charge is 0.467 e. The van der Waals surface area contributed by atoms with Gasteiger partial charge in [0, 0.05) is 6.42 Å². The summed E-state index contributed by atoms with van der Waals surface area (Å²) in [5.41, 5.74) is 2.93. The molecule has 0 aliphatic carbocycles. The molecule has 0 atom stereocenters. The monoisotopic (exact) mass is 167 g/mol. The first kappa shape index (κ1) is 8.84. The molecule has 12 heavy (non-hydrogen) atoms. The molecule has 0 fully saturated rings. The molecule has 0 N–H and O–H groups in total. The van der Waals surface area contributed by atoms with Crippen molar-refractivity contribution in [3.8, 4) is 5.95 Å². The molecule has 1 aromatic heterocycles. The number of ether oxygens (including phenoxy) is 1. The molecule has 0 aliphatic heterocycles. The van der Waals surface area contributed by atoms with E-state index in [4.69, 9.17) is 9.26 Å². The smallest absolute Gasteiger partial charge is 0.314 e. The highest BCUT2D eigenvalue weighted by atomic mass is 16.6. The highest BCUT2D eigenvalue weighted by Crippen LogP contribution is 2.23. The highest BCUT2D eigenvalue weighted by molar-refractivity contribution is 5.30. The van der Waals surface area contributed by atoms with Crippen molar-refractivity contribution in [2.45, 2.75) is 20.3 Å². The molecule has 66 valence electrons. The van der Waals surface area contributed by atoms with Crippen LogP contribution in [0.15, 0.2) is 16.7 Å². The minimum Gasteiger partial charge on any atom is -0.467 e. The lowest BCUT2D eigenvalue weighted by Gasteiger charge is -1.99. The Morgan fingerprint density at radius 1 is 1.67 bits per heavy atom. The third-order valence-corrected chi connectivity index (χ3v) is 1.61. The van der Waals surface area contributed by atoms with Crippen molar-refractivity contribution in [1.29, 1.82) is 0 Å². The number of rotatable bonds is 3. The predicted octanol–water partition coefficient (Wildman–Crippen LogP) is 2.11. The number of hydrogen-bond donors (Lipinski definition) is 0. The predicted molar refractivity (Wildman–Crippen MR) is 46.3 cm³/mol. The van der Waals surface area contributed by atoms with Crippen molar-refractivity contribution >= 4 is 0 Å². The molecule has 0 aliphatic rings. The Balaban J connectivity index is 2.94. The first-order chi connectivity index (χ1) is 5.65. The van der Waals surface area contributed by atoms with Gasteiger partial charge in [-0.2, -0.15) is 0 Å². The summed E-state index contributed by atoms with van der Waals surface area (Å²) < 4.78 is 9.93. The van der Waals surface area contributed by atoms with Gasteiger partial charge in [-0.15, -0.1) is 0 Å². The summed E-state index contributed by atoms with van der Waals surface area (Å²) in [7, 11) is 1.57. The van der Waals surface area contributed by atoms with Crippen LogP contribution in [0.5, 0.6) is 5.95 Å². The summed E-state index contributed by atoms with van der Waals surface area (Å²) in [4.78, 5) is 0. The summed E-state index contributed by atoms with van der Waals surface area (Å²) in [6, 6.07) is 0. The van der Waals surface area contributed by atoms with E-state index in [-0.39, 0.29) is 0 Å². The maximum Gasteiger partial charge on any atom is 0.314 e. The molecule has 3 heteroatoms. The SMILES string of the molecule is C=C(C)Cc1c(C)noc1OC. The van der Waals surface area contributed by atoms with Gasteiger partial charge in [0.05, 0.1) is 18.4 Å². The van der Waals surface area contributed by atoms with Gasteiger partial charge in [-0.25, -0.2) is 0 Å². The topological polar surface area (TPSA) is 35.3 Å². The van der Waals surface area contributed by atoms with E-state index in [0.29, 0.717) is 5.95 Å². The number of methoxy groups -OCH3 is 1. The fourth-order valence-corrected chi connectivity index (χ4v) is 1.03. The van der Waals surface area contributed by atoms with Gasteiger partial charge < -0.3 is 9.26 Å². The lowest BCUT2D eigenvalue weighted by atomic mass is 10.1. The minimum atomic E-state index is 0.496. The quantitative estimate of drug-likeness (QED) is 0.647. The van der Waals surface area contributed by atoms with Crippen LogP contribution in [0.4, 0.5) is 0 Å². The zero-order valence-corrected chi connectivity index (χ0v) is 7.68. The van der Waals surface area contributed by atoms with E-state index in [1.807, 2.05) is 13.8 Å². The molecule has 0 unspecified atom stereocenters. The molecule has 1 rings (SSSR count). The number of aryl methyl sites for hydroxylation is 1. The molecule has 1 heterocycles. The Bertz CT molecular complexity index is 289. The van der Waals surface area contributed by atoms with Gasteiger partial charge in [-0.05, 0) is 13.8 Å². The first-order valence-electron chi connectivity index (χ1n) is 3.78. The molecule has 0 spiro atoms. The molecule has 0 bridgehead atoms. The Hall–Kier alpha value is -1.25. The van der Waals surface area contributed by atoms with E-state index in [1.165, 1.54) is 0 Å². The van der Waals surface area contributed by atoms with Crippen LogP contribution in [0.25, 0.3) is 0 Å². The van der Waals surface area contributed by atoms with Crippen molar-refractivity contribution in [3.63, 3.8) is 0 Å². The first-order valence-corrected chi connectivity index (χ1v) is 3.78. The number of aromatic nitrogens is 1. The Kier molecular flexibility index (Phi) is 2.53. The van der Waals surface area contributed by atoms with Crippen LogP contribution < -0.4 is 4.74 Å². The lowest BCUT2D eigenvalue weighted by molar-refractivity contribution is 0.257. The molecule has 0 saturated heterocycles. The lowest BCUT2D eigenvalue weighted by Crippen LogP contribution is -1.90. The van der Waals surface area contributed by atoms with Crippen LogP contribution in [0.3, 0.4) is 0 Å². The summed E-state index contributed by atoms with van der Waals surface area (Å²) in [6.45, 7) is 7.68. The summed E-state index contributed by atoms with van der Waals surface area (Å²) in [5, 5.41) is 3.80. The Morgan fingerprint density at radius 2 is 2.33 bits per heavy atom. The van der Waals surface area contributed by atoms with E-state index in [9.17, 15) is 0 Å². The maximum atomic E-state index is 5.00. The average molecular weight is 167 g/mol. The van der Waals surface area contributed by atoms with Crippen LogP contribution in [0, 0.1) is 6.92 Å². The molecule has 1 aromatic rings. The second kappa shape index (κ2) is 3.43. The molecule has 0 radical (unpaired) electrons. The maximum absolute atomic E-state index is 5.00. The molecule has 0 saturated carbocycles. The van der Waals surface area contributed by atoms with Gasteiger partial charge in [0.15, 0.2) is 0 Å². The van der Waals surface area contributed by atoms with E-state index in [1.54, 1.807) is 7.11 Å². The summed E-state index contributed by atoms with van der Waals surface area (Å²) >= 11 is 0. The zero-order valence-electron chi connectivity index (χ0n) is 7.68. The fourth-order valence-electron chi connectivity index (χ4n) is 1.03. The van der Waals surface area contributed by atoms with Gasteiger partial charge in [0.2, 0.25) is 0 Å². The third-order valence-electron chi connectivity index (χ3n) is 1.61. The summed E-state index contributed by atoms with van der Waals surface area (Å²) in [6.07, 6.45) is 0.762. The van der Waals surface area contributed by atoms with Crippen LogP contribution in [-0.4, -0.2) is 12.3 Å². The molecular formula is C9H13NO2. The Morgan fingerprint density at radius 3 is 2.83 bits per heavy atom. The number of nitrogens with zero attached hydrogens (tertiary/aromatic N) is 1. The van der Waals surface area contributed by atoms with Gasteiger partial charge in [-0.1, -0.05) is 17.3 Å². The van der Waals surface area contributed by atoms with Gasteiger partial charge in [-0.3, -0.25) is 0 Å². The Labute approximate surface area is 72.0 Å². The standard InChI is InChI=1S/C9H13NO2/c1-6(2)5-8-7(3)10-12-9(8)11-4/h1,5H2,2-4H3.